The minimum absolute atomic E-state index is 0.127. The molecule has 0 aliphatic carbocycles. The molecular weight excluding hydrogens is 282 g/mol. The zero-order valence-electron chi connectivity index (χ0n) is 11.1. The SMILES string of the molecule is Cc1ccccc1S(=O)(=O)N1CC[C@H](O)[C@@H](C(=O)O)C1. The largest absolute Gasteiger partial charge is 0.481 e. The van der Waals surface area contributed by atoms with Crippen LogP contribution in [-0.2, 0) is 14.8 Å². The molecule has 20 heavy (non-hydrogen) atoms. The third-order valence-electron chi connectivity index (χ3n) is 3.57. The van der Waals surface area contributed by atoms with Gasteiger partial charge in [-0.15, -0.1) is 0 Å². The van der Waals surface area contributed by atoms with E-state index in [9.17, 15) is 18.3 Å². The van der Waals surface area contributed by atoms with Crippen LogP contribution in [0, 0.1) is 12.8 Å². The molecule has 1 aliphatic heterocycles. The molecule has 0 bridgehead atoms. The molecule has 0 unspecified atom stereocenters. The molecule has 110 valence electrons. The van der Waals surface area contributed by atoms with Crippen molar-refractivity contribution in [2.45, 2.75) is 24.3 Å². The number of benzene rings is 1. The zero-order chi connectivity index (χ0) is 14.9. The minimum atomic E-state index is -3.72. The Morgan fingerprint density at radius 2 is 2.00 bits per heavy atom. The van der Waals surface area contributed by atoms with E-state index >= 15 is 0 Å². The van der Waals surface area contributed by atoms with E-state index in [2.05, 4.69) is 0 Å². The van der Waals surface area contributed by atoms with Gasteiger partial charge < -0.3 is 10.2 Å². The summed E-state index contributed by atoms with van der Waals surface area (Å²) < 4.78 is 26.2. The summed E-state index contributed by atoms with van der Waals surface area (Å²) in [6, 6.07) is 6.58. The summed E-state index contributed by atoms with van der Waals surface area (Å²) in [7, 11) is -3.72. The second kappa shape index (κ2) is 5.51. The van der Waals surface area contributed by atoms with Crippen LogP contribution in [0.1, 0.15) is 12.0 Å². The monoisotopic (exact) mass is 299 g/mol. The van der Waals surface area contributed by atoms with Gasteiger partial charge in [0, 0.05) is 13.1 Å². The lowest BCUT2D eigenvalue weighted by molar-refractivity contribution is -0.147. The first-order valence-corrected chi connectivity index (χ1v) is 7.74. The van der Waals surface area contributed by atoms with E-state index in [1.54, 1.807) is 25.1 Å². The molecule has 1 aromatic rings. The maximum absolute atomic E-state index is 12.5. The van der Waals surface area contributed by atoms with E-state index in [1.807, 2.05) is 0 Å². The maximum atomic E-state index is 12.5. The van der Waals surface area contributed by atoms with Crippen LogP contribution in [0.15, 0.2) is 29.2 Å². The van der Waals surface area contributed by atoms with Crippen LogP contribution in [-0.4, -0.2) is 48.1 Å². The number of hydrogen-bond donors (Lipinski definition) is 2. The molecule has 7 heteroatoms. The first-order valence-electron chi connectivity index (χ1n) is 6.30. The van der Waals surface area contributed by atoms with Gasteiger partial charge in [0.2, 0.25) is 10.0 Å². The fourth-order valence-corrected chi connectivity index (χ4v) is 4.06. The molecule has 0 spiro atoms. The Balaban J connectivity index is 2.31. The molecule has 1 aromatic carbocycles. The average Bonchev–Trinajstić information content (AvgIpc) is 2.38. The normalized spacial score (nSPS) is 24.5. The quantitative estimate of drug-likeness (QED) is 0.845. The smallest absolute Gasteiger partial charge is 0.310 e. The van der Waals surface area contributed by atoms with E-state index in [-0.39, 0.29) is 24.4 Å². The van der Waals surface area contributed by atoms with E-state index in [0.29, 0.717) is 5.56 Å². The van der Waals surface area contributed by atoms with Gasteiger partial charge in [-0.1, -0.05) is 18.2 Å². The van der Waals surface area contributed by atoms with Crippen molar-refractivity contribution >= 4 is 16.0 Å². The third kappa shape index (κ3) is 2.70. The zero-order valence-corrected chi connectivity index (χ0v) is 11.9. The maximum Gasteiger partial charge on any atom is 0.310 e. The molecule has 1 heterocycles. The van der Waals surface area contributed by atoms with Gasteiger partial charge in [0.25, 0.3) is 0 Å². The lowest BCUT2D eigenvalue weighted by atomic mass is 9.96. The van der Waals surface area contributed by atoms with Gasteiger partial charge in [0.1, 0.15) is 0 Å². The number of aliphatic carboxylic acids is 1. The average molecular weight is 299 g/mol. The molecule has 1 saturated heterocycles. The molecular formula is C13H17NO5S. The van der Waals surface area contributed by atoms with E-state index in [0.717, 1.165) is 4.31 Å². The van der Waals surface area contributed by atoms with Crippen LogP contribution in [0.3, 0.4) is 0 Å². The Labute approximate surface area is 117 Å². The predicted molar refractivity (Wildman–Crippen MR) is 71.7 cm³/mol. The van der Waals surface area contributed by atoms with Crippen molar-refractivity contribution in [3.63, 3.8) is 0 Å². The summed E-state index contributed by atoms with van der Waals surface area (Å²) in [5.74, 6) is -2.26. The number of nitrogens with zero attached hydrogens (tertiary/aromatic N) is 1. The lowest BCUT2D eigenvalue weighted by Crippen LogP contribution is -2.48. The van der Waals surface area contributed by atoms with Crippen LogP contribution in [0.2, 0.25) is 0 Å². The van der Waals surface area contributed by atoms with Gasteiger partial charge in [-0.05, 0) is 25.0 Å². The van der Waals surface area contributed by atoms with Crippen molar-refractivity contribution < 1.29 is 23.4 Å². The molecule has 2 atom stereocenters. The number of sulfonamides is 1. The molecule has 0 saturated carbocycles. The fourth-order valence-electron chi connectivity index (χ4n) is 2.36. The Morgan fingerprint density at radius 1 is 1.35 bits per heavy atom. The van der Waals surface area contributed by atoms with Crippen molar-refractivity contribution in [2.75, 3.05) is 13.1 Å². The van der Waals surface area contributed by atoms with E-state index in [4.69, 9.17) is 5.11 Å². The Kier molecular flexibility index (Phi) is 4.12. The van der Waals surface area contributed by atoms with Gasteiger partial charge in [-0.2, -0.15) is 4.31 Å². The van der Waals surface area contributed by atoms with E-state index in [1.165, 1.54) is 6.07 Å². The van der Waals surface area contributed by atoms with Crippen molar-refractivity contribution in [1.82, 2.24) is 4.31 Å². The second-order valence-corrected chi connectivity index (χ2v) is 6.84. The van der Waals surface area contributed by atoms with Gasteiger partial charge >= 0.3 is 5.97 Å². The number of aliphatic hydroxyl groups is 1. The molecule has 1 fully saturated rings. The van der Waals surface area contributed by atoms with Gasteiger partial charge in [0.15, 0.2) is 0 Å². The summed E-state index contributed by atoms with van der Waals surface area (Å²) in [5, 5.41) is 18.7. The molecule has 0 radical (unpaired) electrons. The van der Waals surface area contributed by atoms with Crippen LogP contribution >= 0.6 is 0 Å². The van der Waals surface area contributed by atoms with Crippen LogP contribution in [0.25, 0.3) is 0 Å². The highest BCUT2D eigenvalue weighted by molar-refractivity contribution is 7.89. The van der Waals surface area contributed by atoms with Crippen LogP contribution < -0.4 is 0 Å². The summed E-state index contributed by atoms with van der Waals surface area (Å²) >= 11 is 0. The lowest BCUT2D eigenvalue weighted by Gasteiger charge is -2.33. The summed E-state index contributed by atoms with van der Waals surface area (Å²) in [5.41, 5.74) is 0.616. The van der Waals surface area contributed by atoms with Crippen LogP contribution in [0.4, 0.5) is 0 Å². The number of piperidine rings is 1. The third-order valence-corrected chi connectivity index (χ3v) is 5.59. The highest BCUT2D eigenvalue weighted by atomic mass is 32.2. The topological polar surface area (TPSA) is 94.9 Å². The highest BCUT2D eigenvalue weighted by Gasteiger charge is 2.38. The van der Waals surface area contributed by atoms with Crippen molar-refractivity contribution in [3.05, 3.63) is 29.8 Å². The van der Waals surface area contributed by atoms with Crippen LogP contribution in [0.5, 0.6) is 0 Å². The standard InChI is InChI=1S/C13H17NO5S/c1-9-4-2-3-5-12(9)20(18,19)14-7-6-11(15)10(8-14)13(16)17/h2-5,10-11,15H,6-8H2,1H3,(H,16,17)/t10-,11-/m0/s1. The van der Waals surface area contributed by atoms with Gasteiger partial charge in [-0.25, -0.2) is 8.42 Å². The summed E-state index contributed by atoms with van der Waals surface area (Å²) in [6.07, 6.45) is -0.877. The van der Waals surface area contributed by atoms with Crippen molar-refractivity contribution in [2.24, 2.45) is 5.92 Å². The van der Waals surface area contributed by atoms with Crippen molar-refractivity contribution in [3.8, 4) is 0 Å². The fraction of sp³-hybridized carbons (Fsp3) is 0.462. The first-order chi connectivity index (χ1) is 9.34. The Bertz CT molecular complexity index is 613. The summed E-state index contributed by atoms with van der Waals surface area (Å²) in [6.45, 7) is 1.62. The molecule has 2 rings (SSSR count). The molecule has 6 nitrogen and oxygen atoms in total. The van der Waals surface area contributed by atoms with Crippen molar-refractivity contribution in [1.29, 1.82) is 0 Å². The number of rotatable bonds is 3. The highest BCUT2D eigenvalue weighted by Crippen LogP contribution is 2.25. The van der Waals surface area contributed by atoms with Gasteiger partial charge in [0.05, 0.1) is 16.9 Å². The predicted octanol–water partition coefficient (Wildman–Crippen LogP) is 0.451. The molecule has 2 N–H and O–H groups in total. The number of aliphatic hydroxyl groups excluding tert-OH is 1. The second-order valence-electron chi connectivity index (χ2n) is 4.93. The molecule has 0 aromatic heterocycles. The summed E-state index contributed by atoms with van der Waals surface area (Å²) in [4.78, 5) is 11.2. The minimum Gasteiger partial charge on any atom is -0.481 e. The first kappa shape index (κ1) is 15.0. The number of carboxylic acid groups (broad SMARTS) is 1. The Morgan fingerprint density at radius 3 is 2.60 bits per heavy atom. The van der Waals surface area contributed by atoms with Gasteiger partial charge in [-0.3, -0.25) is 4.79 Å². The Hall–Kier alpha value is -1.44. The number of aryl methyl sites for hydroxylation is 1. The number of carboxylic acids is 1. The number of hydrogen-bond acceptors (Lipinski definition) is 4. The molecule has 1 aliphatic rings. The number of carbonyl (C=O) groups is 1. The molecule has 0 amide bonds. The van der Waals surface area contributed by atoms with E-state index < -0.39 is 28.0 Å².